The highest BCUT2D eigenvalue weighted by Crippen LogP contribution is 2.44. The summed E-state index contributed by atoms with van der Waals surface area (Å²) < 4.78 is 16.8. The molecule has 0 saturated carbocycles. The van der Waals surface area contributed by atoms with Crippen LogP contribution in [0.15, 0.2) is 66.7 Å². The molecular weight excluding hydrogens is 404 g/mol. The summed E-state index contributed by atoms with van der Waals surface area (Å²) in [7, 11) is 7.22. The molecule has 166 valence electrons. The van der Waals surface area contributed by atoms with Crippen molar-refractivity contribution in [3.63, 3.8) is 0 Å². The molecule has 0 saturated heterocycles. The van der Waals surface area contributed by atoms with Crippen LogP contribution in [-0.4, -0.2) is 45.7 Å². The van der Waals surface area contributed by atoms with Crippen LogP contribution >= 0.6 is 0 Å². The van der Waals surface area contributed by atoms with E-state index >= 15 is 0 Å². The van der Waals surface area contributed by atoms with Crippen LogP contribution in [0.3, 0.4) is 0 Å². The van der Waals surface area contributed by atoms with Crippen molar-refractivity contribution in [1.29, 1.82) is 0 Å². The molecule has 6 heteroatoms. The predicted molar refractivity (Wildman–Crippen MR) is 124 cm³/mol. The van der Waals surface area contributed by atoms with Gasteiger partial charge in [0.05, 0.1) is 26.2 Å². The smallest absolute Gasteiger partial charge is 0.232 e. The van der Waals surface area contributed by atoms with Crippen molar-refractivity contribution >= 4 is 5.91 Å². The average molecular weight is 433 g/mol. The number of benzene rings is 3. The lowest BCUT2D eigenvalue weighted by Crippen LogP contribution is -2.38. The lowest BCUT2D eigenvalue weighted by Gasteiger charge is -2.29. The number of fused-ring (bicyclic) bond motifs is 2. The van der Waals surface area contributed by atoms with E-state index in [-0.39, 0.29) is 11.9 Å². The van der Waals surface area contributed by atoms with Crippen molar-refractivity contribution in [2.45, 2.75) is 12.0 Å². The van der Waals surface area contributed by atoms with Gasteiger partial charge in [0.15, 0.2) is 11.5 Å². The number of nitrogens with one attached hydrogen (secondary N) is 1. The van der Waals surface area contributed by atoms with Crippen LogP contribution in [-0.2, 0) is 4.79 Å². The maximum Gasteiger partial charge on any atom is 0.232 e. The Labute approximate surface area is 188 Å². The van der Waals surface area contributed by atoms with Gasteiger partial charge in [0.25, 0.3) is 0 Å². The first-order valence-electron chi connectivity index (χ1n) is 10.5. The van der Waals surface area contributed by atoms with E-state index in [0.29, 0.717) is 18.0 Å². The molecule has 3 aromatic rings. The number of nitrogens with zero attached hydrogens (tertiary/aromatic N) is 1. The summed E-state index contributed by atoms with van der Waals surface area (Å²) in [6.45, 7) is 0.447. The number of ether oxygens (including phenoxy) is 3. The Morgan fingerprint density at radius 1 is 0.938 bits per heavy atom. The Balaban J connectivity index is 1.59. The molecule has 32 heavy (non-hydrogen) atoms. The fourth-order valence-electron chi connectivity index (χ4n) is 4.15. The first kappa shape index (κ1) is 21.7. The van der Waals surface area contributed by atoms with Gasteiger partial charge >= 0.3 is 0 Å². The molecular formula is C26H28N2O4. The van der Waals surface area contributed by atoms with Crippen LogP contribution in [0.4, 0.5) is 0 Å². The summed E-state index contributed by atoms with van der Waals surface area (Å²) in [5.41, 5.74) is 2.77. The predicted octanol–water partition coefficient (Wildman–Crippen LogP) is 4.36. The Bertz CT molecular complexity index is 1070. The van der Waals surface area contributed by atoms with E-state index in [9.17, 15) is 4.79 Å². The van der Waals surface area contributed by atoms with Gasteiger partial charge in [-0.15, -0.1) is 0 Å². The van der Waals surface area contributed by atoms with Crippen LogP contribution in [0.25, 0.3) is 0 Å². The van der Waals surface area contributed by atoms with Crippen LogP contribution in [0, 0.1) is 0 Å². The fourth-order valence-corrected chi connectivity index (χ4v) is 4.15. The van der Waals surface area contributed by atoms with Gasteiger partial charge in [-0.2, -0.15) is 0 Å². The van der Waals surface area contributed by atoms with Gasteiger partial charge in [-0.25, -0.2) is 0 Å². The van der Waals surface area contributed by atoms with Gasteiger partial charge in [-0.05, 0) is 43.9 Å². The second-order valence-electron chi connectivity index (χ2n) is 7.95. The second-order valence-corrected chi connectivity index (χ2v) is 7.95. The van der Waals surface area contributed by atoms with Gasteiger partial charge in [-0.1, -0.05) is 42.5 Å². The monoisotopic (exact) mass is 432 g/mol. The van der Waals surface area contributed by atoms with Crippen molar-refractivity contribution < 1.29 is 19.0 Å². The second kappa shape index (κ2) is 9.32. The number of likely N-dealkylation sites (N-methyl/N-ethyl adjacent to an activating group) is 1. The summed E-state index contributed by atoms with van der Waals surface area (Å²) in [6.07, 6.45) is 0. The Morgan fingerprint density at radius 3 is 2.09 bits per heavy atom. The molecule has 1 atom stereocenters. The van der Waals surface area contributed by atoms with Crippen LogP contribution in [0.1, 0.15) is 28.7 Å². The molecule has 1 N–H and O–H groups in total. The van der Waals surface area contributed by atoms with Crippen molar-refractivity contribution in [2.24, 2.45) is 0 Å². The third-order valence-corrected chi connectivity index (χ3v) is 5.83. The molecule has 6 nitrogen and oxygen atoms in total. The Kier molecular flexibility index (Phi) is 6.32. The molecule has 1 heterocycles. The number of para-hydroxylation sites is 2. The van der Waals surface area contributed by atoms with E-state index in [4.69, 9.17) is 14.2 Å². The summed E-state index contributed by atoms with van der Waals surface area (Å²) in [6, 6.07) is 21.2. The van der Waals surface area contributed by atoms with Gasteiger partial charge in [-0.3, -0.25) is 4.79 Å². The highest BCUT2D eigenvalue weighted by Gasteiger charge is 2.32. The molecule has 1 amide bonds. The van der Waals surface area contributed by atoms with E-state index in [2.05, 4.69) is 10.2 Å². The molecule has 0 fully saturated rings. The number of methoxy groups -OCH3 is 2. The average Bonchev–Trinajstić information content (AvgIpc) is 2.82. The topological polar surface area (TPSA) is 60.0 Å². The van der Waals surface area contributed by atoms with Crippen LogP contribution in [0.5, 0.6) is 23.0 Å². The molecule has 0 aliphatic carbocycles. The number of hydrogen-bond acceptors (Lipinski definition) is 5. The van der Waals surface area contributed by atoms with Crippen molar-refractivity contribution in [3.8, 4) is 23.0 Å². The normalized spacial score (nSPS) is 13.5. The molecule has 3 aromatic carbocycles. The molecule has 1 aliphatic heterocycles. The summed E-state index contributed by atoms with van der Waals surface area (Å²) in [5, 5.41) is 3.17. The SMILES string of the molecule is COc1ccc([C@@H](CNC(=O)C2c3ccccc3Oc3ccccc32)N(C)C)cc1OC. The zero-order valence-corrected chi connectivity index (χ0v) is 18.8. The highest BCUT2D eigenvalue weighted by atomic mass is 16.5. The van der Waals surface area contributed by atoms with E-state index in [1.54, 1.807) is 14.2 Å². The van der Waals surface area contributed by atoms with Crippen LogP contribution < -0.4 is 19.5 Å². The molecule has 0 unspecified atom stereocenters. The first-order valence-corrected chi connectivity index (χ1v) is 10.5. The van der Waals surface area contributed by atoms with Gasteiger partial charge < -0.3 is 24.4 Å². The fraction of sp³-hybridized carbons (Fsp3) is 0.269. The van der Waals surface area contributed by atoms with E-state index in [1.165, 1.54) is 0 Å². The minimum Gasteiger partial charge on any atom is -0.493 e. The largest absolute Gasteiger partial charge is 0.493 e. The lowest BCUT2D eigenvalue weighted by molar-refractivity contribution is -0.122. The van der Waals surface area contributed by atoms with Gasteiger partial charge in [0.1, 0.15) is 11.5 Å². The van der Waals surface area contributed by atoms with E-state index in [0.717, 1.165) is 28.2 Å². The third kappa shape index (κ3) is 4.14. The molecule has 0 aromatic heterocycles. The maximum atomic E-state index is 13.5. The van der Waals surface area contributed by atoms with Crippen molar-refractivity contribution in [2.75, 3.05) is 34.9 Å². The standard InChI is InChI=1S/C26H28N2O4/c1-28(2)20(17-13-14-23(30-3)24(15-17)31-4)16-27-26(29)25-18-9-5-7-11-21(18)32-22-12-8-6-10-19(22)25/h5-15,20,25H,16H2,1-4H3,(H,27,29)/t20-/m1/s1. The van der Waals surface area contributed by atoms with Crippen molar-refractivity contribution in [1.82, 2.24) is 10.2 Å². The molecule has 0 radical (unpaired) electrons. The maximum absolute atomic E-state index is 13.5. The zero-order valence-electron chi connectivity index (χ0n) is 18.8. The minimum atomic E-state index is -0.427. The van der Waals surface area contributed by atoms with Crippen molar-refractivity contribution in [3.05, 3.63) is 83.4 Å². The minimum absolute atomic E-state index is 0.0379. The summed E-state index contributed by atoms with van der Waals surface area (Å²) in [5.74, 6) is 2.29. The molecule has 1 aliphatic rings. The van der Waals surface area contributed by atoms with Gasteiger partial charge in [0.2, 0.25) is 5.91 Å². The zero-order chi connectivity index (χ0) is 22.7. The number of carbonyl (C=O) groups is 1. The number of carbonyl (C=O) groups excluding carboxylic acids is 1. The highest BCUT2D eigenvalue weighted by molar-refractivity contribution is 5.89. The summed E-state index contributed by atoms with van der Waals surface area (Å²) >= 11 is 0. The first-order chi connectivity index (χ1) is 15.5. The van der Waals surface area contributed by atoms with Gasteiger partial charge in [0, 0.05) is 17.7 Å². The third-order valence-electron chi connectivity index (χ3n) is 5.83. The lowest BCUT2D eigenvalue weighted by atomic mass is 9.87. The molecule has 0 spiro atoms. The molecule has 0 bridgehead atoms. The number of amides is 1. The quantitative estimate of drug-likeness (QED) is 0.601. The van der Waals surface area contributed by atoms with E-state index < -0.39 is 5.92 Å². The number of hydrogen-bond donors (Lipinski definition) is 1. The van der Waals surface area contributed by atoms with Crippen LogP contribution in [0.2, 0.25) is 0 Å². The summed E-state index contributed by atoms with van der Waals surface area (Å²) in [4.78, 5) is 15.6. The Morgan fingerprint density at radius 2 is 1.53 bits per heavy atom. The number of rotatable bonds is 7. The molecule has 4 rings (SSSR count). The Hall–Kier alpha value is -3.51. The van der Waals surface area contributed by atoms with E-state index in [1.807, 2.05) is 80.8 Å².